The Labute approximate surface area is 150 Å². The van der Waals surface area contributed by atoms with E-state index in [1.165, 1.54) is 30.3 Å². The van der Waals surface area contributed by atoms with Crippen molar-refractivity contribution < 1.29 is 40.7 Å². The van der Waals surface area contributed by atoms with Crippen molar-refractivity contribution in [2.24, 2.45) is 0 Å². The lowest BCUT2D eigenvalue weighted by atomic mass is 9.99. The van der Waals surface area contributed by atoms with Gasteiger partial charge in [0.15, 0.2) is 0 Å². The number of para-hydroxylation sites is 1. The maximum atomic E-state index is 13.0. The highest BCUT2D eigenvalue weighted by molar-refractivity contribution is 7.54. The van der Waals surface area contributed by atoms with Crippen LogP contribution < -0.4 is 4.67 Å². The Balaban J connectivity index is 2.72. The molecule has 2 N–H and O–H groups in total. The second-order valence-corrected chi connectivity index (χ2v) is 7.09. The van der Waals surface area contributed by atoms with Crippen molar-refractivity contribution in [1.82, 2.24) is 0 Å². The summed E-state index contributed by atoms with van der Waals surface area (Å²) >= 11 is 0. The highest BCUT2D eigenvalue weighted by Crippen LogP contribution is 2.51. The molecule has 0 atom stereocenters. The van der Waals surface area contributed by atoms with Crippen LogP contribution in [0.25, 0.3) is 0 Å². The molecule has 11 heteroatoms. The summed E-state index contributed by atoms with van der Waals surface area (Å²) in [7, 11) is -5.20. The van der Waals surface area contributed by atoms with Gasteiger partial charge in [-0.05, 0) is 29.3 Å². The molecule has 2 aromatic carbocycles. The van der Waals surface area contributed by atoms with Gasteiger partial charge in [-0.25, -0.2) is 9.24 Å². The normalized spacial score (nSPS) is 12.9. The smallest absolute Gasteiger partial charge is 0.308 e. The largest absolute Gasteiger partial charge is 0.434 e. The first-order valence-electron chi connectivity index (χ1n) is 7.43. The van der Waals surface area contributed by atoms with Gasteiger partial charge in [0, 0.05) is 0 Å². The summed E-state index contributed by atoms with van der Waals surface area (Å²) in [4.78, 5) is 19.3. The SMILES string of the molecule is O=P(O)(O)N(c1ccccc1)c1cccc(CC(F)(F)F)c1CC(F)(F)F. The van der Waals surface area contributed by atoms with Crippen LogP contribution in [0.5, 0.6) is 0 Å². The number of alkyl halides is 6. The Bertz CT molecular complexity index is 832. The van der Waals surface area contributed by atoms with Gasteiger partial charge in [0.25, 0.3) is 0 Å². The standard InChI is InChI=1S/C16H14F6NO3P/c17-15(18,19)9-11-5-4-8-14(13(11)10-16(20,21)22)23(27(24,25)26)12-6-2-1-3-7-12/h1-8H,9-10H2,(H2,24,25,26). The van der Waals surface area contributed by atoms with Gasteiger partial charge in [-0.3, -0.25) is 0 Å². The van der Waals surface area contributed by atoms with E-state index in [0.717, 1.165) is 18.2 Å². The Morgan fingerprint density at radius 2 is 1.37 bits per heavy atom. The Hall–Kier alpha value is -2.03. The van der Waals surface area contributed by atoms with Crippen molar-refractivity contribution in [2.45, 2.75) is 25.2 Å². The number of nitrogens with zero attached hydrogens (tertiary/aromatic N) is 1. The van der Waals surface area contributed by atoms with Gasteiger partial charge < -0.3 is 9.79 Å². The van der Waals surface area contributed by atoms with Crippen LogP contribution in [0.3, 0.4) is 0 Å². The van der Waals surface area contributed by atoms with E-state index in [9.17, 15) is 40.7 Å². The molecular formula is C16H14F6NO3P. The summed E-state index contributed by atoms with van der Waals surface area (Å²) in [6, 6.07) is 9.59. The van der Waals surface area contributed by atoms with Crippen molar-refractivity contribution in [3.05, 3.63) is 59.7 Å². The van der Waals surface area contributed by atoms with Crippen LogP contribution in [0.2, 0.25) is 0 Å². The maximum absolute atomic E-state index is 13.0. The number of anilines is 2. The zero-order chi connectivity index (χ0) is 20.5. The molecule has 0 aliphatic carbocycles. The molecule has 2 aromatic rings. The molecule has 0 saturated heterocycles. The molecule has 0 saturated carbocycles. The number of benzene rings is 2. The van der Waals surface area contributed by atoms with E-state index < -0.39 is 49.8 Å². The molecular weight excluding hydrogens is 399 g/mol. The summed E-state index contributed by atoms with van der Waals surface area (Å²) in [6.45, 7) is 0. The zero-order valence-electron chi connectivity index (χ0n) is 13.5. The molecule has 0 spiro atoms. The molecule has 0 aliphatic rings. The van der Waals surface area contributed by atoms with Gasteiger partial charge in [0.2, 0.25) is 0 Å². The van der Waals surface area contributed by atoms with Crippen molar-refractivity contribution >= 4 is 19.1 Å². The van der Waals surface area contributed by atoms with Crippen LogP contribution in [-0.4, -0.2) is 22.1 Å². The lowest BCUT2D eigenvalue weighted by Gasteiger charge is -2.29. The summed E-state index contributed by atoms with van der Waals surface area (Å²) in [5, 5.41) is 0. The summed E-state index contributed by atoms with van der Waals surface area (Å²) < 4.78 is 89.7. The predicted octanol–water partition coefficient (Wildman–Crippen LogP) is 5.13. The lowest BCUT2D eigenvalue weighted by molar-refractivity contribution is -0.132. The summed E-state index contributed by atoms with van der Waals surface area (Å²) in [5.41, 5.74) is -2.33. The van der Waals surface area contributed by atoms with Gasteiger partial charge >= 0.3 is 20.1 Å². The Morgan fingerprint density at radius 3 is 1.85 bits per heavy atom. The summed E-state index contributed by atoms with van der Waals surface area (Å²) in [5.74, 6) is 0. The molecule has 0 radical (unpaired) electrons. The third kappa shape index (κ3) is 5.98. The molecule has 0 unspecified atom stereocenters. The van der Waals surface area contributed by atoms with Gasteiger partial charge in [-0.2, -0.15) is 26.3 Å². The van der Waals surface area contributed by atoms with Crippen molar-refractivity contribution in [3.63, 3.8) is 0 Å². The molecule has 4 nitrogen and oxygen atoms in total. The van der Waals surface area contributed by atoms with E-state index in [2.05, 4.69) is 0 Å². The van der Waals surface area contributed by atoms with Crippen molar-refractivity contribution in [2.75, 3.05) is 4.67 Å². The Morgan fingerprint density at radius 1 is 0.815 bits per heavy atom. The third-order valence-corrected chi connectivity index (χ3v) is 4.47. The molecule has 148 valence electrons. The second kappa shape index (κ2) is 7.53. The number of hydrogen-bond donors (Lipinski definition) is 2. The topological polar surface area (TPSA) is 60.8 Å². The molecule has 0 bridgehead atoms. The van der Waals surface area contributed by atoms with Crippen LogP contribution in [0.1, 0.15) is 11.1 Å². The molecule has 0 heterocycles. The van der Waals surface area contributed by atoms with E-state index in [1.807, 2.05) is 0 Å². The van der Waals surface area contributed by atoms with Gasteiger partial charge in [0.05, 0.1) is 24.2 Å². The van der Waals surface area contributed by atoms with E-state index in [4.69, 9.17) is 0 Å². The number of hydrogen-bond acceptors (Lipinski definition) is 1. The van der Waals surface area contributed by atoms with Crippen molar-refractivity contribution in [3.8, 4) is 0 Å². The maximum Gasteiger partial charge on any atom is 0.434 e. The fourth-order valence-electron chi connectivity index (χ4n) is 2.60. The molecule has 0 aliphatic heterocycles. The van der Waals surface area contributed by atoms with Crippen LogP contribution in [0.4, 0.5) is 37.7 Å². The van der Waals surface area contributed by atoms with Gasteiger partial charge in [0.1, 0.15) is 0 Å². The molecule has 2 rings (SSSR count). The Kier molecular flexibility index (Phi) is 5.94. The van der Waals surface area contributed by atoms with E-state index in [-0.39, 0.29) is 5.69 Å². The average molecular weight is 413 g/mol. The van der Waals surface area contributed by atoms with Crippen molar-refractivity contribution in [1.29, 1.82) is 0 Å². The van der Waals surface area contributed by atoms with E-state index >= 15 is 0 Å². The molecule has 0 amide bonds. The van der Waals surface area contributed by atoms with Crippen LogP contribution in [0, 0.1) is 0 Å². The first-order chi connectivity index (χ1) is 12.3. The summed E-state index contributed by atoms with van der Waals surface area (Å²) in [6.07, 6.45) is -13.1. The van der Waals surface area contributed by atoms with Crippen LogP contribution in [-0.2, 0) is 17.4 Å². The minimum absolute atomic E-state index is 0.154. The number of halogens is 6. The minimum atomic E-state index is -5.20. The third-order valence-electron chi connectivity index (χ3n) is 3.51. The minimum Gasteiger partial charge on any atom is -0.308 e. The highest BCUT2D eigenvalue weighted by Gasteiger charge is 2.37. The fraction of sp³-hybridized carbons (Fsp3) is 0.250. The first kappa shape index (κ1) is 21.3. The van der Waals surface area contributed by atoms with Crippen LogP contribution >= 0.6 is 7.75 Å². The second-order valence-electron chi connectivity index (χ2n) is 5.66. The van der Waals surface area contributed by atoms with Gasteiger partial charge in [-0.1, -0.05) is 30.3 Å². The quantitative estimate of drug-likeness (QED) is 0.527. The highest BCUT2D eigenvalue weighted by atomic mass is 31.2. The number of rotatable bonds is 5. The zero-order valence-corrected chi connectivity index (χ0v) is 14.4. The monoisotopic (exact) mass is 413 g/mol. The molecule has 27 heavy (non-hydrogen) atoms. The van der Waals surface area contributed by atoms with Crippen LogP contribution in [0.15, 0.2) is 48.5 Å². The van der Waals surface area contributed by atoms with E-state index in [1.54, 1.807) is 0 Å². The molecule has 0 fully saturated rings. The van der Waals surface area contributed by atoms with E-state index in [0.29, 0.717) is 4.67 Å². The fourth-order valence-corrected chi connectivity index (χ4v) is 3.51. The first-order valence-corrected chi connectivity index (χ1v) is 9.00. The average Bonchev–Trinajstić information content (AvgIpc) is 2.47. The molecule has 0 aromatic heterocycles. The predicted molar refractivity (Wildman–Crippen MR) is 86.6 cm³/mol. The van der Waals surface area contributed by atoms with Gasteiger partial charge in [-0.15, -0.1) is 0 Å². The lowest BCUT2D eigenvalue weighted by Crippen LogP contribution is -2.22.